The van der Waals surface area contributed by atoms with Gasteiger partial charge in [-0.3, -0.25) is 14.9 Å². The summed E-state index contributed by atoms with van der Waals surface area (Å²) in [4.78, 5) is 22.9. The lowest BCUT2D eigenvalue weighted by Gasteiger charge is -2.16. The normalized spacial score (nSPS) is 12.2. The van der Waals surface area contributed by atoms with Crippen molar-refractivity contribution in [1.29, 1.82) is 0 Å². The van der Waals surface area contributed by atoms with Crippen molar-refractivity contribution in [2.45, 2.75) is 39.7 Å². The summed E-state index contributed by atoms with van der Waals surface area (Å²) in [6.45, 7) is 5.96. The first kappa shape index (κ1) is 17.2. The highest BCUT2D eigenvalue weighted by Crippen LogP contribution is 2.10. The number of carboxylic acids is 1. The number of carbonyl (C=O) groups is 2. The minimum atomic E-state index is -0.927. The fraction of sp³-hybridized carbons (Fsp3) is 0.500. The van der Waals surface area contributed by atoms with Crippen LogP contribution < -0.4 is 10.6 Å². The van der Waals surface area contributed by atoms with E-state index in [1.807, 2.05) is 38.1 Å². The van der Waals surface area contributed by atoms with E-state index in [0.29, 0.717) is 6.42 Å². The molecule has 0 aromatic heterocycles. The molecule has 1 aromatic rings. The Morgan fingerprint density at radius 1 is 1.19 bits per heavy atom. The lowest BCUT2D eigenvalue weighted by molar-refractivity contribution is -0.139. The number of hydrogen-bond donors (Lipinski definition) is 3. The molecule has 116 valence electrons. The van der Waals surface area contributed by atoms with Gasteiger partial charge in [-0.15, -0.1) is 0 Å². The van der Waals surface area contributed by atoms with Crippen molar-refractivity contribution in [1.82, 2.24) is 5.32 Å². The third-order valence-corrected chi connectivity index (χ3v) is 3.16. The van der Waals surface area contributed by atoms with Crippen molar-refractivity contribution in [2.75, 3.05) is 11.9 Å². The molecular weight excluding hydrogens is 268 g/mol. The van der Waals surface area contributed by atoms with Crippen LogP contribution in [-0.2, 0) is 16.0 Å². The van der Waals surface area contributed by atoms with Crippen LogP contribution in [0.3, 0.4) is 0 Å². The molecule has 21 heavy (non-hydrogen) atoms. The fourth-order valence-corrected chi connectivity index (χ4v) is 1.99. The van der Waals surface area contributed by atoms with Crippen LogP contribution >= 0.6 is 0 Å². The van der Waals surface area contributed by atoms with E-state index < -0.39 is 12.0 Å². The molecule has 5 nitrogen and oxygen atoms in total. The summed E-state index contributed by atoms with van der Waals surface area (Å²) in [7, 11) is 0. The fourth-order valence-electron chi connectivity index (χ4n) is 1.99. The molecular formula is C16H24N2O3. The van der Waals surface area contributed by atoms with Gasteiger partial charge in [0, 0.05) is 5.69 Å². The second kappa shape index (κ2) is 8.42. The Morgan fingerprint density at radius 3 is 2.29 bits per heavy atom. The van der Waals surface area contributed by atoms with E-state index >= 15 is 0 Å². The molecule has 0 saturated carbocycles. The number of benzene rings is 1. The zero-order valence-electron chi connectivity index (χ0n) is 12.8. The number of aryl methyl sites for hydroxylation is 1. The molecule has 5 heteroatoms. The molecule has 1 unspecified atom stereocenters. The third kappa shape index (κ3) is 6.40. The number of aliphatic carboxylic acids is 1. The number of nitrogens with one attached hydrogen (secondary N) is 2. The van der Waals surface area contributed by atoms with Gasteiger partial charge in [0.25, 0.3) is 0 Å². The average Bonchev–Trinajstić information content (AvgIpc) is 2.43. The van der Waals surface area contributed by atoms with E-state index in [-0.39, 0.29) is 18.4 Å². The number of carbonyl (C=O) groups excluding carboxylic acids is 1. The van der Waals surface area contributed by atoms with Crippen LogP contribution in [0.5, 0.6) is 0 Å². The van der Waals surface area contributed by atoms with Crippen LogP contribution in [0, 0.1) is 5.92 Å². The first-order valence-corrected chi connectivity index (χ1v) is 7.27. The predicted octanol–water partition coefficient (Wildman–Crippen LogP) is 2.28. The number of anilines is 1. The molecule has 3 N–H and O–H groups in total. The lowest BCUT2D eigenvalue weighted by atomic mass is 10.0. The summed E-state index contributed by atoms with van der Waals surface area (Å²) in [5.41, 5.74) is 1.92. The Labute approximate surface area is 125 Å². The van der Waals surface area contributed by atoms with Gasteiger partial charge in [0.15, 0.2) is 0 Å². The molecule has 1 amide bonds. The molecule has 0 aliphatic carbocycles. The predicted molar refractivity (Wildman–Crippen MR) is 83.3 cm³/mol. The van der Waals surface area contributed by atoms with E-state index in [1.54, 1.807) is 0 Å². The van der Waals surface area contributed by atoms with Gasteiger partial charge < -0.3 is 10.4 Å². The molecule has 0 fully saturated rings. The van der Waals surface area contributed by atoms with Crippen LogP contribution in [0.2, 0.25) is 0 Å². The monoisotopic (exact) mass is 292 g/mol. The van der Waals surface area contributed by atoms with Crippen LogP contribution in [-0.4, -0.2) is 29.6 Å². The highest BCUT2D eigenvalue weighted by atomic mass is 16.4. The number of hydrogen-bond acceptors (Lipinski definition) is 3. The maximum Gasteiger partial charge on any atom is 0.320 e. The van der Waals surface area contributed by atoms with Crippen LogP contribution in [0.15, 0.2) is 24.3 Å². The Bertz CT molecular complexity index is 469. The van der Waals surface area contributed by atoms with E-state index in [2.05, 4.69) is 17.6 Å². The number of amides is 1. The highest BCUT2D eigenvalue weighted by Gasteiger charge is 2.19. The van der Waals surface area contributed by atoms with Gasteiger partial charge >= 0.3 is 5.97 Å². The molecule has 0 saturated heterocycles. The number of rotatable bonds is 8. The van der Waals surface area contributed by atoms with E-state index in [4.69, 9.17) is 5.11 Å². The van der Waals surface area contributed by atoms with Crippen molar-refractivity contribution in [2.24, 2.45) is 5.92 Å². The maximum atomic E-state index is 11.8. The molecule has 0 aliphatic heterocycles. The largest absolute Gasteiger partial charge is 0.480 e. The zero-order chi connectivity index (χ0) is 15.8. The van der Waals surface area contributed by atoms with Crippen LogP contribution in [0.25, 0.3) is 0 Å². The van der Waals surface area contributed by atoms with Gasteiger partial charge in [0.1, 0.15) is 6.04 Å². The average molecular weight is 292 g/mol. The van der Waals surface area contributed by atoms with Gasteiger partial charge in [-0.1, -0.05) is 32.9 Å². The minimum Gasteiger partial charge on any atom is -0.480 e. The summed E-state index contributed by atoms with van der Waals surface area (Å²) < 4.78 is 0. The van der Waals surface area contributed by atoms with Gasteiger partial charge in [-0.25, -0.2) is 0 Å². The smallest absolute Gasteiger partial charge is 0.320 e. The SMILES string of the molecule is CCc1ccc(NC(=O)CNC(CC(C)C)C(=O)O)cc1. The second-order valence-corrected chi connectivity index (χ2v) is 5.50. The first-order chi connectivity index (χ1) is 9.92. The van der Waals surface area contributed by atoms with E-state index in [0.717, 1.165) is 12.1 Å². The van der Waals surface area contributed by atoms with Crippen LogP contribution in [0.1, 0.15) is 32.8 Å². The van der Waals surface area contributed by atoms with Gasteiger partial charge in [-0.05, 0) is 36.5 Å². The quantitative estimate of drug-likeness (QED) is 0.687. The number of carboxylic acid groups (broad SMARTS) is 1. The maximum absolute atomic E-state index is 11.8. The summed E-state index contributed by atoms with van der Waals surface area (Å²) in [5, 5.41) is 14.6. The summed E-state index contributed by atoms with van der Waals surface area (Å²) in [5.74, 6) is -0.915. The van der Waals surface area contributed by atoms with Crippen molar-refractivity contribution in [3.8, 4) is 0 Å². The third-order valence-electron chi connectivity index (χ3n) is 3.16. The molecule has 0 radical (unpaired) electrons. The van der Waals surface area contributed by atoms with E-state index in [9.17, 15) is 9.59 Å². The Kier molecular flexibility index (Phi) is 6.88. The Balaban J connectivity index is 2.46. The molecule has 0 aliphatic rings. The van der Waals surface area contributed by atoms with Gasteiger partial charge in [-0.2, -0.15) is 0 Å². The molecule has 0 bridgehead atoms. The Morgan fingerprint density at radius 2 is 1.81 bits per heavy atom. The second-order valence-electron chi connectivity index (χ2n) is 5.50. The van der Waals surface area contributed by atoms with Gasteiger partial charge in [0.05, 0.1) is 6.54 Å². The van der Waals surface area contributed by atoms with Crippen molar-refractivity contribution < 1.29 is 14.7 Å². The molecule has 1 atom stereocenters. The van der Waals surface area contributed by atoms with Crippen molar-refractivity contribution in [3.05, 3.63) is 29.8 Å². The summed E-state index contributed by atoms with van der Waals surface area (Å²) >= 11 is 0. The lowest BCUT2D eigenvalue weighted by Crippen LogP contribution is -2.42. The summed E-state index contributed by atoms with van der Waals surface area (Å²) in [6.07, 6.45) is 1.44. The molecule has 0 spiro atoms. The van der Waals surface area contributed by atoms with Crippen molar-refractivity contribution in [3.63, 3.8) is 0 Å². The molecule has 1 aromatic carbocycles. The minimum absolute atomic E-state index is 0.0147. The zero-order valence-corrected chi connectivity index (χ0v) is 12.8. The molecule has 0 heterocycles. The molecule has 1 rings (SSSR count). The highest BCUT2D eigenvalue weighted by molar-refractivity contribution is 5.92. The Hall–Kier alpha value is -1.88. The van der Waals surface area contributed by atoms with Crippen molar-refractivity contribution >= 4 is 17.6 Å². The van der Waals surface area contributed by atoms with Crippen LogP contribution in [0.4, 0.5) is 5.69 Å². The first-order valence-electron chi connectivity index (χ1n) is 7.27. The topological polar surface area (TPSA) is 78.4 Å². The summed E-state index contributed by atoms with van der Waals surface area (Å²) in [6, 6.07) is 6.92. The van der Waals surface area contributed by atoms with E-state index in [1.165, 1.54) is 5.56 Å². The standard InChI is InChI=1S/C16H24N2O3/c1-4-12-5-7-13(8-6-12)18-15(19)10-17-14(16(20)21)9-11(2)3/h5-8,11,14,17H,4,9-10H2,1-3H3,(H,18,19)(H,20,21). The van der Waals surface area contributed by atoms with Gasteiger partial charge in [0.2, 0.25) is 5.91 Å².